The standard InChI is InChI=1S/C20H20FN3O3/c1-3-17(26-16-9-7-15(21)8-10-16)20(25)22-12-18-23-19(24-27-18)14-6-4-5-13(2)11-14/h4-11,17H,3,12H2,1-2H3,(H,22,25). The summed E-state index contributed by atoms with van der Waals surface area (Å²) in [5.74, 6) is 0.532. The van der Waals surface area contributed by atoms with E-state index >= 15 is 0 Å². The third-order valence-corrected chi connectivity index (χ3v) is 3.91. The van der Waals surface area contributed by atoms with Crippen molar-refractivity contribution in [3.8, 4) is 17.1 Å². The van der Waals surface area contributed by atoms with E-state index < -0.39 is 6.10 Å². The molecule has 0 saturated heterocycles. The van der Waals surface area contributed by atoms with Gasteiger partial charge in [0.1, 0.15) is 11.6 Å². The van der Waals surface area contributed by atoms with Gasteiger partial charge >= 0.3 is 0 Å². The molecular weight excluding hydrogens is 349 g/mol. The molecule has 140 valence electrons. The highest BCUT2D eigenvalue weighted by molar-refractivity contribution is 5.80. The summed E-state index contributed by atoms with van der Waals surface area (Å²) in [6.45, 7) is 3.91. The highest BCUT2D eigenvalue weighted by atomic mass is 19.1. The van der Waals surface area contributed by atoms with Crippen LogP contribution in [-0.2, 0) is 11.3 Å². The second kappa shape index (κ2) is 8.44. The van der Waals surface area contributed by atoms with E-state index in [0.717, 1.165) is 11.1 Å². The molecule has 1 heterocycles. The van der Waals surface area contributed by atoms with Gasteiger partial charge in [-0.2, -0.15) is 4.98 Å². The minimum Gasteiger partial charge on any atom is -0.481 e. The molecule has 1 amide bonds. The van der Waals surface area contributed by atoms with E-state index in [1.807, 2.05) is 38.1 Å². The monoisotopic (exact) mass is 369 g/mol. The van der Waals surface area contributed by atoms with E-state index in [2.05, 4.69) is 15.5 Å². The topological polar surface area (TPSA) is 77.2 Å². The molecule has 1 unspecified atom stereocenters. The van der Waals surface area contributed by atoms with Crippen LogP contribution < -0.4 is 10.1 Å². The van der Waals surface area contributed by atoms with Crippen LogP contribution in [0, 0.1) is 12.7 Å². The van der Waals surface area contributed by atoms with Crippen LogP contribution in [0.2, 0.25) is 0 Å². The Kier molecular flexibility index (Phi) is 5.80. The number of hydrogen-bond donors (Lipinski definition) is 1. The second-order valence-corrected chi connectivity index (χ2v) is 6.07. The maximum atomic E-state index is 13.0. The first-order chi connectivity index (χ1) is 13.0. The number of carbonyl (C=O) groups is 1. The van der Waals surface area contributed by atoms with Crippen LogP contribution in [0.4, 0.5) is 4.39 Å². The molecule has 1 atom stereocenters. The van der Waals surface area contributed by atoms with Gasteiger partial charge in [0.2, 0.25) is 11.7 Å². The molecule has 2 aromatic carbocycles. The van der Waals surface area contributed by atoms with Crippen molar-refractivity contribution in [3.05, 3.63) is 65.8 Å². The molecule has 0 saturated carbocycles. The summed E-state index contributed by atoms with van der Waals surface area (Å²) in [6.07, 6.45) is -0.240. The largest absolute Gasteiger partial charge is 0.481 e. The molecule has 0 aliphatic rings. The fourth-order valence-corrected chi connectivity index (χ4v) is 2.50. The zero-order chi connectivity index (χ0) is 19.2. The van der Waals surface area contributed by atoms with E-state index in [0.29, 0.717) is 23.9 Å². The van der Waals surface area contributed by atoms with Gasteiger partial charge in [-0.25, -0.2) is 4.39 Å². The molecule has 1 aromatic heterocycles. The number of halogens is 1. The summed E-state index contributed by atoms with van der Waals surface area (Å²) in [4.78, 5) is 16.6. The first kappa shape index (κ1) is 18.6. The summed E-state index contributed by atoms with van der Waals surface area (Å²) in [6, 6.07) is 13.3. The normalized spacial score (nSPS) is 11.8. The molecule has 0 radical (unpaired) electrons. The molecule has 27 heavy (non-hydrogen) atoms. The Labute approximate surface area is 156 Å². The van der Waals surface area contributed by atoms with Crippen LogP contribution in [0.5, 0.6) is 5.75 Å². The van der Waals surface area contributed by atoms with Gasteiger partial charge in [-0.15, -0.1) is 0 Å². The van der Waals surface area contributed by atoms with Gasteiger partial charge in [0.15, 0.2) is 6.10 Å². The highest BCUT2D eigenvalue weighted by Crippen LogP contribution is 2.17. The quantitative estimate of drug-likeness (QED) is 0.688. The minimum absolute atomic E-state index is 0.0981. The number of aromatic nitrogens is 2. The Morgan fingerprint density at radius 1 is 1.26 bits per heavy atom. The van der Waals surface area contributed by atoms with Crippen LogP contribution >= 0.6 is 0 Å². The van der Waals surface area contributed by atoms with Crippen LogP contribution in [0.15, 0.2) is 53.1 Å². The van der Waals surface area contributed by atoms with Gasteiger partial charge in [-0.3, -0.25) is 4.79 Å². The third-order valence-electron chi connectivity index (χ3n) is 3.91. The molecule has 0 aliphatic heterocycles. The number of ether oxygens (including phenoxy) is 1. The number of carbonyl (C=O) groups excluding carboxylic acids is 1. The fraction of sp³-hybridized carbons (Fsp3) is 0.250. The fourth-order valence-electron chi connectivity index (χ4n) is 2.50. The molecule has 0 fully saturated rings. The Morgan fingerprint density at radius 3 is 2.74 bits per heavy atom. The van der Waals surface area contributed by atoms with Gasteiger partial charge in [-0.05, 0) is 43.7 Å². The molecular formula is C20H20FN3O3. The zero-order valence-electron chi connectivity index (χ0n) is 15.1. The smallest absolute Gasteiger partial charge is 0.261 e. The molecule has 1 N–H and O–H groups in total. The Bertz CT molecular complexity index is 909. The maximum absolute atomic E-state index is 13.0. The van der Waals surface area contributed by atoms with E-state index in [4.69, 9.17) is 9.26 Å². The Morgan fingerprint density at radius 2 is 2.04 bits per heavy atom. The summed E-state index contributed by atoms with van der Waals surface area (Å²) < 4.78 is 23.8. The van der Waals surface area contributed by atoms with Gasteiger partial charge in [-0.1, -0.05) is 35.8 Å². The summed E-state index contributed by atoms with van der Waals surface area (Å²) >= 11 is 0. The second-order valence-electron chi connectivity index (χ2n) is 6.07. The number of nitrogens with zero attached hydrogens (tertiary/aromatic N) is 2. The van der Waals surface area contributed by atoms with Crippen molar-refractivity contribution in [1.82, 2.24) is 15.5 Å². The third kappa shape index (κ3) is 4.91. The molecule has 7 heteroatoms. The summed E-state index contributed by atoms with van der Waals surface area (Å²) in [7, 11) is 0. The van der Waals surface area contributed by atoms with Crippen LogP contribution in [0.25, 0.3) is 11.4 Å². The Balaban J connectivity index is 1.58. The molecule has 0 bridgehead atoms. The van der Waals surface area contributed by atoms with Gasteiger partial charge in [0.05, 0.1) is 6.54 Å². The number of aryl methyl sites for hydroxylation is 1. The van der Waals surface area contributed by atoms with Crippen molar-refractivity contribution in [1.29, 1.82) is 0 Å². The lowest BCUT2D eigenvalue weighted by molar-refractivity contribution is -0.128. The predicted octanol–water partition coefficient (Wildman–Crippen LogP) is 3.66. The highest BCUT2D eigenvalue weighted by Gasteiger charge is 2.19. The van der Waals surface area contributed by atoms with E-state index in [1.165, 1.54) is 24.3 Å². The van der Waals surface area contributed by atoms with Crippen LogP contribution in [0.1, 0.15) is 24.8 Å². The molecule has 3 aromatic rings. The first-order valence-electron chi connectivity index (χ1n) is 8.64. The van der Waals surface area contributed by atoms with Crippen LogP contribution in [0.3, 0.4) is 0 Å². The predicted molar refractivity (Wildman–Crippen MR) is 97.4 cm³/mol. The van der Waals surface area contributed by atoms with E-state index in [1.54, 1.807) is 0 Å². The molecule has 3 rings (SSSR count). The molecule has 0 spiro atoms. The molecule has 6 nitrogen and oxygen atoms in total. The molecule has 0 aliphatic carbocycles. The van der Waals surface area contributed by atoms with Crippen molar-refractivity contribution < 1.29 is 18.4 Å². The Hall–Kier alpha value is -3.22. The summed E-state index contributed by atoms with van der Waals surface area (Å²) in [5.41, 5.74) is 1.94. The zero-order valence-corrected chi connectivity index (χ0v) is 15.1. The van der Waals surface area contributed by atoms with E-state index in [-0.39, 0.29) is 18.3 Å². The number of nitrogens with one attached hydrogen (secondary N) is 1. The SMILES string of the molecule is CCC(Oc1ccc(F)cc1)C(=O)NCc1nc(-c2cccc(C)c2)no1. The lowest BCUT2D eigenvalue weighted by Gasteiger charge is -2.16. The van der Waals surface area contributed by atoms with Gasteiger partial charge in [0.25, 0.3) is 5.91 Å². The summed E-state index contributed by atoms with van der Waals surface area (Å²) in [5, 5.41) is 6.67. The van der Waals surface area contributed by atoms with Crippen LogP contribution in [-0.4, -0.2) is 22.2 Å². The lowest BCUT2D eigenvalue weighted by Crippen LogP contribution is -2.37. The van der Waals surface area contributed by atoms with E-state index in [9.17, 15) is 9.18 Å². The van der Waals surface area contributed by atoms with Gasteiger partial charge < -0.3 is 14.6 Å². The van der Waals surface area contributed by atoms with Gasteiger partial charge in [0, 0.05) is 5.56 Å². The van der Waals surface area contributed by atoms with Crippen molar-refractivity contribution in [2.24, 2.45) is 0 Å². The van der Waals surface area contributed by atoms with Crippen molar-refractivity contribution in [3.63, 3.8) is 0 Å². The minimum atomic E-state index is -0.699. The number of rotatable bonds is 7. The average Bonchev–Trinajstić information content (AvgIpc) is 3.15. The van der Waals surface area contributed by atoms with Crippen molar-refractivity contribution >= 4 is 5.91 Å². The number of hydrogen-bond acceptors (Lipinski definition) is 5. The van der Waals surface area contributed by atoms with Crippen molar-refractivity contribution in [2.45, 2.75) is 32.9 Å². The average molecular weight is 369 g/mol. The lowest BCUT2D eigenvalue weighted by atomic mass is 10.1. The number of benzene rings is 2. The first-order valence-corrected chi connectivity index (χ1v) is 8.64. The van der Waals surface area contributed by atoms with Crippen molar-refractivity contribution in [2.75, 3.05) is 0 Å². The number of amides is 1. The maximum Gasteiger partial charge on any atom is 0.261 e.